The molecule has 2 heterocycles. The number of carbonyl (C=O) groups excluding carboxylic acids is 3. The number of esters is 3. The summed E-state index contributed by atoms with van der Waals surface area (Å²) in [5, 5.41) is 0. The summed E-state index contributed by atoms with van der Waals surface area (Å²) in [5.74, 6) is -1.81. The first kappa shape index (κ1) is 16.8. The number of carbonyl (C=O) groups is 3. The van der Waals surface area contributed by atoms with Gasteiger partial charge in [-0.15, -0.1) is 0 Å². The van der Waals surface area contributed by atoms with Crippen LogP contribution in [0.1, 0.15) is 13.8 Å². The lowest BCUT2D eigenvalue weighted by molar-refractivity contribution is -0.167. The molecule has 0 aromatic heterocycles. The Bertz CT molecular complexity index is 647. The minimum Gasteiger partial charge on any atom is -0.455 e. The number of rotatable bonds is 4. The molecule has 24 heavy (non-hydrogen) atoms. The van der Waals surface area contributed by atoms with Gasteiger partial charge in [0.1, 0.15) is 11.5 Å². The summed E-state index contributed by atoms with van der Waals surface area (Å²) in [6.45, 7) is 2.48. The summed E-state index contributed by atoms with van der Waals surface area (Å²) in [7, 11) is 0. The van der Waals surface area contributed by atoms with Crippen LogP contribution in [0.5, 0.6) is 0 Å². The third-order valence-electron chi connectivity index (χ3n) is 3.58. The number of benzene rings is 1. The highest BCUT2D eigenvalue weighted by Gasteiger charge is 2.60. The summed E-state index contributed by atoms with van der Waals surface area (Å²) >= 11 is 1.35. The van der Waals surface area contributed by atoms with Crippen LogP contribution in [-0.2, 0) is 33.3 Å². The van der Waals surface area contributed by atoms with Crippen molar-refractivity contribution in [2.45, 2.75) is 48.6 Å². The largest absolute Gasteiger partial charge is 0.455 e. The first-order valence-electron chi connectivity index (χ1n) is 7.38. The van der Waals surface area contributed by atoms with Gasteiger partial charge in [0.25, 0.3) is 0 Å². The van der Waals surface area contributed by atoms with Crippen molar-refractivity contribution in [3.05, 3.63) is 30.3 Å². The van der Waals surface area contributed by atoms with Crippen molar-refractivity contribution in [1.29, 1.82) is 0 Å². The van der Waals surface area contributed by atoms with E-state index in [-0.39, 0.29) is 0 Å². The molecule has 2 fully saturated rings. The van der Waals surface area contributed by atoms with Gasteiger partial charge in [-0.1, -0.05) is 30.0 Å². The van der Waals surface area contributed by atoms with E-state index < -0.39 is 47.8 Å². The lowest BCUT2D eigenvalue weighted by Gasteiger charge is -2.21. The number of hydrogen-bond acceptors (Lipinski definition) is 8. The van der Waals surface area contributed by atoms with E-state index >= 15 is 0 Å². The second-order valence-electron chi connectivity index (χ2n) is 5.41. The lowest BCUT2D eigenvalue weighted by atomic mass is 10.1. The fraction of sp³-hybridized carbons (Fsp3) is 0.438. The minimum atomic E-state index is -1.15. The lowest BCUT2D eigenvalue weighted by Crippen LogP contribution is -2.36. The van der Waals surface area contributed by atoms with E-state index in [0.29, 0.717) is 0 Å². The zero-order valence-electron chi connectivity index (χ0n) is 13.0. The van der Waals surface area contributed by atoms with E-state index in [2.05, 4.69) is 0 Å². The third-order valence-corrected chi connectivity index (χ3v) is 4.74. The molecule has 1 aromatic rings. The van der Waals surface area contributed by atoms with Crippen LogP contribution in [0.4, 0.5) is 0 Å². The molecule has 0 radical (unpaired) electrons. The first-order valence-corrected chi connectivity index (χ1v) is 8.26. The zero-order chi connectivity index (χ0) is 17.3. The van der Waals surface area contributed by atoms with Gasteiger partial charge in [0.2, 0.25) is 6.10 Å². The number of ether oxygens (including phenoxy) is 4. The molecule has 2 aliphatic heterocycles. The fourth-order valence-electron chi connectivity index (χ4n) is 2.70. The quantitative estimate of drug-likeness (QED) is 0.592. The van der Waals surface area contributed by atoms with Crippen LogP contribution in [0, 0.1) is 0 Å². The van der Waals surface area contributed by atoms with Crippen molar-refractivity contribution in [1.82, 2.24) is 0 Å². The number of fused-ring (bicyclic) bond motifs is 1. The maximum Gasteiger partial charge on any atom is 0.350 e. The SMILES string of the molecule is CC(=O)O[C@@H]1[C@H]2OC(=O)[C@@H](OC(C)=O)[C@H]2O[C@H]1Sc1ccccc1. The molecule has 0 spiro atoms. The maximum absolute atomic E-state index is 11.9. The van der Waals surface area contributed by atoms with Crippen molar-refractivity contribution in [2.75, 3.05) is 0 Å². The van der Waals surface area contributed by atoms with Crippen molar-refractivity contribution >= 4 is 29.7 Å². The van der Waals surface area contributed by atoms with Crippen molar-refractivity contribution in [3.63, 3.8) is 0 Å². The Kier molecular flexibility index (Phi) is 4.77. The van der Waals surface area contributed by atoms with Gasteiger partial charge in [-0.05, 0) is 12.1 Å². The summed E-state index contributed by atoms with van der Waals surface area (Å²) < 4.78 is 21.4. The number of thioether (sulfide) groups is 1. The molecule has 2 saturated heterocycles. The van der Waals surface area contributed by atoms with Crippen LogP contribution in [0.25, 0.3) is 0 Å². The second kappa shape index (κ2) is 6.82. The predicted octanol–water partition coefficient (Wildman–Crippen LogP) is 1.29. The Morgan fingerprint density at radius 1 is 1.04 bits per heavy atom. The molecule has 0 aliphatic carbocycles. The maximum atomic E-state index is 11.9. The summed E-state index contributed by atoms with van der Waals surface area (Å²) in [6.07, 6.45) is -3.52. The Labute approximate surface area is 142 Å². The molecule has 8 heteroatoms. The normalized spacial score (nSPS) is 31.2. The van der Waals surface area contributed by atoms with Gasteiger partial charge in [0.15, 0.2) is 12.2 Å². The summed E-state index contributed by atoms with van der Waals surface area (Å²) in [5.41, 5.74) is -0.572. The van der Waals surface area contributed by atoms with Gasteiger partial charge in [-0.3, -0.25) is 9.59 Å². The zero-order valence-corrected chi connectivity index (χ0v) is 13.9. The van der Waals surface area contributed by atoms with Crippen molar-refractivity contribution in [3.8, 4) is 0 Å². The third kappa shape index (κ3) is 3.39. The molecule has 0 saturated carbocycles. The van der Waals surface area contributed by atoms with Crippen LogP contribution in [0.15, 0.2) is 35.2 Å². The molecule has 7 nitrogen and oxygen atoms in total. The van der Waals surface area contributed by atoms with Crippen LogP contribution in [0.2, 0.25) is 0 Å². The molecule has 0 bridgehead atoms. The van der Waals surface area contributed by atoms with E-state index in [9.17, 15) is 14.4 Å². The van der Waals surface area contributed by atoms with Crippen LogP contribution in [0.3, 0.4) is 0 Å². The van der Waals surface area contributed by atoms with E-state index in [1.54, 1.807) is 0 Å². The summed E-state index contributed by atoms with van der Waals surface area (Å²) in [4.78, 5) is 35.4. The van der Waals surface area contributed by atoms with Crippen molar-refractivity contribution < 1.29 is 33.3 Å². The van der Waals surface area contributed by atoms with E-state index in [0.717, 1.165) is 4.90 Å². The standard InChI is InChI=1S/C16H16O7S/c1-8(17)20-13-11-12(22-15(13)19)14(21-9(2)18)16(23-11)24-10-6-4-3-5-7-10/h3-7,11-14,16H,1-2H3/t11-,12-,13-,14+,16-/m0/s1. The highest BCUT2D eigenvalue weighted by molar-refractivity contribution is 7.99. The molecule has 1 aromatic carbocycles. The van der Waals surface area contributed by atoms with E-state index in [1.165, 1.54) is 25.6 Å². The second-order valence-corrected chi connectivity index (χ2v) is 6.58. The summed E-state index contributed by atoms with van der Waals surface area (Å²) in [6, 6.07) is 9.42. The van der Waals surface area contributed by atoms with Crippen LogP contribution >= 0.6 is 11.8 Å². The van der Waals surface area contributed by atoms with Gasteiger partial charge < -0.3 is 18.9 Å². The molecule has 0 N–H and O–H groups in total. The predicted molar refractivity (Wildman–Crippen MR) is 81.9 cm³/mol. The monoisotopic (exact) mass is 352 g/mol. The van der Waals surface area contributed by atoms with E-state index in [4.69, 9.17) is 18.9 Å². The average Bonchev–Trinajstić information content (AvgIpc) is 2.98. The topological polar surface area (TPSA) is 88.1 Å². The molecular formula is C16H16O7S. The van der Waals surface area contributed by atoms with E-state index in [1.807, 2.05) is 30.3 Å². The molecule has 128 valence electrons. The van der Waals surface area contributed by atoms with Gasteiger partial charge >= 0.3 is 17.9 Å². The Balaban J connectivity index is 1.81. The van der Waals surface area contributed by atoms with Crippen LogP contribution in [-0.4, -0.2) is 47.8 Å². The highest BCUT2D eigenvalue weighted by atomic mass is 32.2. The molecule has 0 amide bonds. The fourth-order valence-corrected chi connectivity index (χ4v) is 3.81. The minimum absolute atomic E-state index is 0.505. The van der Waals surface area contributed by atoms with Gasteiger partial charge in [-0.2, -0.15) is 0 Å². The van der Waals surface area contributed by atoms with Crippen molar-refractivity contribution in [2.24, 2.45) is 0 Å². The molecule has 5 atom stereocenters. The average molecular weight is 352 g/mol. The molecular weight excluding hydrogens is 336 g/mol. The first-order chi connectivity index (χ1) is 11.5. The molecule has 3 rings (SSSR count). The molecule has 2 aliphatic rings. The smallest absolute Gasteiger partial charge is 0.350 e. The van der Waals surface area contributed by atoms with Gasteiger partial charge in [0, 0.05) is 18.7 Å². The Morgan fingerprint density at radius 2 is 1.71 bits per heavy atom. The van der Waals surface area contributed by atoms with Gasteiger partial charge in [0.05, 0.1) is 0 Å². The van der Waals surface area contributed by atoms with Crippen LogP contribution < -0.4 is 0 Å². The molecule has 0 unspecified atom stereocenters. The Morgan fingerprint density at radius 3 is 2.33 bits per heavy atom. The van der Waals surface area contributed by atoms with Gasteiger partial charge in [-0.25, -0.2) is 4.79 Å². The number of hydrogen-bond donors (Lipinski definition) is 0. The Hall–Kier alpha value is -2.06. The highest BCUT2D eigenvalue weighted by Crippen LogP contribution is 2.41.